The molecule has 55 heavy (non-hydrogen) atoms. The average molecular weight is 766 g/mol. The molecule has 0 aliphatic carbocycles. The fraction of sp³-hybridized carbons (Fsp3) is 0. The number of hydrogen-bond acceptors (Lipinski definition) is 0. The summed E-state index contributed by atoms with van der Waals surface area (Å²) in [6.07, 6.45) is 0. The van der Waals surface area contributed by atoms with E-state index in [9.17, 15) is 0 Å². The fourth-order valence-electron chi connectivity index (χ4n) is 7.91. The van der Waals surface area contributed by atoms with Gasteiger partial charge in [-0.3, -0.25) is 0 Å². The molecule has 0 aliphatic heterocycles. The molecule has 0 aromatic heterocycles. The smallest absolute Gasteiger partial charge is 0.0254 e. The Labute approximate surface area is 332 Å². The lowest BCUT2D eigenvalue weighted by Gasteiger charge is -2.29. The van der Waals surface area contributed by atoms with Gasteiger partial charge in [-0.25, -0.2) is 0 Å². The van der Waals surface area contributed by atoms with Crippen LogP contribution in [0.5, 0.6) is 0 Å². The van der Waals surface area contributed by atoms with E-state index in [0.717, 1.165) is 21.2 Å². The van der Waals surface area contributed by atoms with Gasteiger partial charge in [0, 0.05) is 4.47 Å². The highest BCUT2D eigenvalue weighted by Crippen LogP contribution is 2.56. The third-order valence-electron chi connectivity index (χ3n) is 10.3. The summed E-state index contributed by atoms with van der Waals surface area (Å²) in [6.45, 7) is 0. The summed E-state index contributed by atoms with van der Waals surface area (Å²) in [6, 6.07) is 81.1. The first kappa shape index (κ1) is 34.2. The first-order valence-corrected chi connectivity index (χ1v) is 19.5. The zero-order valence-electron chi connectivity index (χ0n) is 30.2. The van der Waals surface area contributed by atoms with Crippen molar-refractivity contribution in [3.05, 3.63) is 229 Å². The van der Waals surface area contributed by atoms with Crippen LogP contribution in [0.3, 0.4) is 0 Å². The average Bonchev–Trinajstić information content (AvgIpc) is 3.27. The Morgan fingerprint density at radius 3 is 0.855 bits per heavy atom. The molecule has 1 heteroatoms. The molecule has 260 valence electrons. The fourth-order valence-corrected chi connectivity index (χ4v) is 8.38. The van der Waals surface area contributed by atoms with Crippen LogP contribution in [-0.2, 0) is 0 Å². The Morgan fingerprint density at radius 2 is 0.491 bits per heavy atom. The predicted molar refractivity (Wildman–Crippen MR) is 238 cm³/mol. The highest BCUT2D eigenvalue weighted by molar-refractivity contribution is 9.10. The van der Waals surface area contributed by atoms with Crippen LogP contribution in [0, 0.1) is 0 Å². The molecule has 0 N–H and O–H groups in total. The maximum absolute atomic E-state index is 3.94. The van der Waals surface area contributed by atoms with Crippen molar-refractivity contribution in [1.82, 2.24) is 0 Å². The van der Waals surface area contributed by atoms with E-state index in [-0.39, 0.29) is 0 Å². The van der Waals surface area contributed by atoms with Crippen molar-refractivity contribution in [3.63, 3.8) is 0 Å². The quantitative estimate of drug-likeness (QED) is 0.145. The number of halogens is 1. The van der Waals surface area contributed by atoms with Crippen LogP contribution in [0.2, 0.25) is 0 Å². The molecule has 0 heterocycles. The van der Waals surface area contributed by atoms with Crippen molar-refractivity contribution in [2.75, 3.05) is 0 Å². The molecule has 0 unspecified atom stereocenters. The van der Waals surface area contributed by atoms with E-state index in [0.29, 0.717) is 0 Å². The first-order valence-electron chi connectivity index (χ1n) is 18.7. The molecule has 9 rings (SSSR count). The zero-order chi connectivity index (χ0) is 37.0. The maximum atomic E-state index is 3.94. The van der Waals surface area contributed by atoms with Gasteiger partial charge in [-0.1, -0.05) is 222 Å². The Balaban J connectivity index is 1.47. The molecule has 9 aromatic rings. The van der Waals surface area contributed by atoms with Gasteiger partial charge in [0.15, 0.2) is 0 Å². The van der Waals surface area contributed by atoms with Gasteiger partial charge >= 0.3 is 0 Å². The predicted octanol–water partition coefficient (Wildman–Crippen LogP) is 15.8. The summed E-state index contributed by atoms with van der Waals surface area (Å²) >= 11 is 3.94. The van der Waals surface area contributed by atoms with Crippen molar-refractivity contribution in [3.8, 4) is 89.0 Å². The van der Waals surface area contributed by atoms with E-state index < -0.39 is 0 Å². The van der Waals surface area contributed by atoms with Crippen molar-refractivity contribution < 1.29 is 0 Å². The van der Waals surface area contributed by atoms with Crippen LogP contribution in [-0.4, -0.2) is 0 Å². The normalized spacial score (nSPS) is 11.0. The summed E-state index contributed by atoms with van der Waals surface area (Å²) in [4.78, 5) is 0. The van der Waals surface area contributed by atoms with E-state index in [1.807, 2.05) is 0 Å². The molecule has 0 atom stereocenters. The van der Waals surface area contributed by atoms with E-state index in [1.54, 1.807) is 0 Å². The Hall–Kier alpha value is -6.54. The summed E-state index contributed by atoms with van der Waals surface area (Å²) in [5, 5.41) is 0. The summed E-state index contributed by atoms with van der Waals surface area (Å²) in [7, 11) is 0. The van der Waals surface area contributed by atoms with Crippen LogP contribution < -0.4 is 0 Å². The summed E-state index contributed by atoms with van der Waals surface area (Å²) < 4.78 is 1.06. The summed E-state index contributed by atoms with van der Waals surface area (Å²) in [5.41, 5.74) is 19.0. The van der Waals surface area contributed by atoms with E-state index in [1.165, 1.54) is 72.3 Å². The van der Waals surface area contributed by atoms with Gasteiger partial charge in [0.1, 0.15) is 0 Å². The second-order valence-corrected chi connectivity index (χ2v) is 14.6. The lowest BCUT2D eigenvalue weighted by molar-refractivity contribution is 1.51. The molecule has 9 aromatic carbocycles. The molecule has 0 saturated carbocycles. The zero-order valence-corrected chi connectivity index (χ0v) is 31.8. The molecule has 0 bridgehead atoms. The van der Waals surface area contributed by atoms with Crippen molar-refractivity contribution >= 4 is 15.9 Å². The molecular formula is C54H37Br. The third-order valence-corrected chi connectivity index (χ3v) is 11.0. The van der Waals surface area contributed by atoms with Crippen molar-refractivity contribution in [2.24, 2.45) is 0 Å². The van der Waals surface area contributed by atoms with Gasteiger partial charge in [0.25, 0.3) is 0 Å². The van der Waals surface area contributed by atoms with Gasteiger partial charge in [0.2, 0.25) is 0 Å². The van der Waals surface area contributed by atoms with Gasteiger partial charge in [-0.15, -0.1) is 0 Å². The molecule has 0 fully saturated rings. The summed E-state index contributed by atoms with van der Waals surface area (Å²) in [5.74, 6) is 0. The van der Waals surface area contributed by atoms with Gasteiger partial charge in [-0.05, 0) is 107 Å². The first-order chi connectivity index (χ1) is 27.2. The number of benzene rings is 9. The second kappa shape index (κ2) is 15.4. The van der Waals surface area contributed by atoms with Gasteiger partial charge in [0.05, 0.1) is 0 Å². The SMILES string of the molecule is Brc1ccc(-c2ccccc2)cc1-c1cccc(-c2c(-c3ccccc3)c(-c3ccccc3)c(-c3ccccc3)c(-c3ccccc3)c2-c2ccccc2)c1. The lowest BCUT2D eigenvalue weighted by Crippen LogP contribution is -2.02. The minimum Gasteiger partial charge on any atom is -0.0622 e. The molecule has 0 spiro atoms. The van der Waals surface area contributed by atoms with E-state index >= 15 is 0 Å². The Kier molecular flexibility index (Phi) is 9.61. The van der Waals surface area contributed by atoms with Crippen molar-refractivity contribution in [1.29, 1.82) is 0 Å². The minimum absolute atomic E-state index is 1.06. The highest BCUT2D eigenvalue weighted by Gasteiger charge is 2.29. The lowest BCUT2D eigenvalue weighted by atomic mass is 9.74. The molecule has 0 saturated heterocycles. The number of hydrogen-bond donors (Lipinski definition) is 0. The largest absolute Gasteiger partial charge is 0.0622 e. The monoisotopic (exact) mass is 764 g/mol. The highest BCUT2D eigenvalue weighted by atomic mass is 79.9. The van der Waals surface area contributed by atoms with E-state index in [4.69, 9.17) is 0 Å². The van der Waals surface area contributed by atoms with Crippen LogP contribution in [0.25, 0.3) is 89.0 Å². The van der Waals surface area contributed by atoms with Crippen LogP contribution in [0.4, 0.5) is 0 Å². The third kappa shape index (κ3) is 6.76. The van der Waals surface area contributed by atoms with E-state index in [2.05, 4.69) is 240 Å². The van der Waals surface area contributed by atoms with Crippen LogP contribution in [0.1, 0.15) is 0 Å². The molecule has 0 amide bonds. The Morgan fingerprint density at radius 1 is 0.200 bits per heavy atom. The Bertz CT molecular complexity index is 2600. The molecule has 0 radical (unpaired) electrons. The molecule has 0 nitrogen and oxygen atoms in total. The van der Waals surface area contributed by atoms with Crippen molar-refractivity contribution in [2.45, 2.75) is 0 Å². The van der Waals surface area contributed by atoms with Crippen LogP contribution in [0.15, 0.2) is 229 Å². The van der Waals surface area contributed by atoms with Gasteiger partial charge < -0.3 is 0 Å². The number of rotatable bonds is 8. The van der Waals surface area contributed by atoms with Crippen LogP contribution >= 0.6 is 15.9 Å². The minimum atomic E-state index is 1.06. The van der Waals surface area contributed by atoms with Gasteiger partial charge in [-0.2, -0.15) is 0 Å². The molecular weight excluding hydrogens is 728 g/mol. The topological polar surface area (TPSA) is 0 Å². The molecule has 0 aliphatic rings. The maximum Gasteiger partial charge on any atom is 0.0254 e. The standard InChI is InChI=1S/C54H37Br/c55-48-35-34-44(38-20-7-1-8-21-38)37-47(48)45-32-19-33-46(36-45)54-52(42-28-15-5-16-29-42)50(40-24-11-3-12-25-40)49(39-22-9-2-10-23-39)51(41-26-13-4-14-27-41)53(54)43-30-17-6-18-31-43/h1-37H. The second-order valence-electron chi connectivity index (χ2n) is 13.7.